The van der Waals surface area contributed by atoms with Crippen LogP contribution in [-0.2, 0) is 0 Å². The van der Waals surface area contributed by atoms with E-state index in [1.54, 1.807) is 72.8 Å². The fourth-order valence-corrected chi connectivity index (χ4v) is 3.07. The Labute approximate surface area is 196 Å². The molecule has 0 heterocycles. The molecule has 0 fully saturated rings. The van der Waals surface area contributed by atoms with Gasteiger partial charge in [0.15, 0.2) is 0 Å². The van der Waals surface area contributed by atoms with Gasteiger partial charge in [0.05, 0.1) is 0 Å². The third kappa shape index (κ3) is 4.92. The molecule has 0 aliphatic rings. The highest BCUT2D eigenvalue weighted by Crippen LogP contribution is 2.29. The second kappa shape index (κ2) is 10.6. The summed E-state index contributed by atoms with van der Waals surface area (Å²) in [7, 11) is 0. The van der Waals surface area contributed by atoms with Crippen LogP contribution in [0.15, 0.2) is 121 Å². The number of hydrogen-bond acceptors (Lipinski definition) is 10. The summed E-state index contributed by atoms with van der Waals surface area (Å²) < 4.78 is 0. The Morgan fingerprint density at radius 3 is 0.647 bits per heavy atom. The van der Waals surface area contributed by atoms with E-state index >= 15 is 0 Å². The Morgan fingerprint density at radius 2 is 0.471 bits per heavy atom. The smallest absolute Gasteiger partial charge is 0.0433 e. The molecule has 4 aromatic carbocycles. The molecular formula is C24H20N6O4-4. The zero-order chi connectivity index (χ0) is 23.9. The zero-order valence-electron chi connectivity index (χ0n) is 17.9. The van der Waals surface area contributed by atoms with Gasteiger partial charge in [0.2, 0.25) is 0 Å². The van der Waals surface area contributed by atoms with Crippen LogP contribution in [0, 0.1) is 20.8 Å². The number of anilines is 4. The lowest BCUT2D eigenvalue weighted by Gasteiger charge is -2.62. The summed E-state index contributed by atoms with van der Waals surface area (Å²) in [6.45, 7) is 0. The van der Waals surface area contributed by atoms with E-state index in [0.717, 1.165) is 0 Å². The summed E-state index contributed by atoms with van der Waals surface area (Å²) in [4.78, 5) is 0. The standard InChI is InChI=1S/C24H20N6O4/c31-25(21-13-5-1-6-14-21)29(26(32)22-15-7-2-8-16-22)30(27(33)23-17-9-3-10-18-23)28(34)24-19-11-4-12-20-24/h1-20H/q-4. The van der Waals surface area contributed by atoms with Gasteiger partial charge in [0.1, 0.15) is 0 Å². The highest BCUT2D eigenvalue weighted by Gasteiger charge is 2.25. The summed E-state index contributed by atoms with van der Waals surface area (Å²) in [6.07, 6.45) is 0. The number of hydrazine groups is 5. The predicted molar refractivity (Wildman–Crippen MR) is 133 cm³/mol. The van der Waals surface area contributed by atoms with Gasteiger partial charge in [-0.25, -0.2) is 0 Å². The summed E-state index contributed by atoms with van der Waals surface area (Å²) in [5.74, 6) is 0. The van der Waals surface area contributed by atoms with Crippen LogP contribution in [0.4, 0.5) is 22.7 Å². The van der Waals surface area contributed by atoms with Gasteiger partial charge in [0.25, 0.3) is 0 Å². The van der Waals surface area contributed by atoms with Crippen LogP contribution in [0.3, 0.4) is 0 Å². The first kappa shape index (κ1) is 23.0. The van der Waals surface area contributed by atoms with E-state index in [9.17, 15) is 20.8 Å². The summed E-state index contributed by atoms with van der Waals surface area (Å²) in [6, 6.07) is 31.1. The van der Waals surface area contributed by atoms with Crippen molar-refractivity contribution in [2.45, 2.75) is 0 Å². The first-order valence-electron chi connectivity index (χ1n) is 10.3. The lowest BCUT2D eigenvalue weighted by Crippen LogP contribution is -2.67. The van der Waals surface area contributed by atoms with Crippen molar-refractivity contribution in [3.05, 3.63) is 142 Å². The molecule has 10 heteroatoms. The second-order valence-electron chi connectivity index (χ2n) is 6.97. The Morgan fingerprint density at radius 1 is 0.294 bits per heavy atom. The van der Waals surface area contributed by atoms with Crippen molar-refractivity contribution in [1.82, 2.24) is 10.5 Å². The maximum Gasteiger partial charge on any atom is 0.0433 e. The largest absolute Gasteiger partial charge is 0.741 e. The molecule has 0 N–H and O–H groups in total. The molecule has 0 spiro atoms. The van der Waals surface area contributed by atoms with Crippen LogP contribution in [-0.4, -0.2) is 10.5 Å². The van der Waals surface area contributed by atoms with Gasteiger partial charge in [-0.1, -0.05) is 72.8 Å². The van der Waals surface area contributed by atoms with Crippen molar-refractivity contribution >= 4 is 22.7 Å². The Bertz CT molecular complexity index is 957. The molecule has 0 amide bonds. The lowest BCUT2D eigenvalue weighted by molar-refractivity contribution is -0.0338. The molecule has 0 saturated heterocycles. The second-order valence-corrected chi connectivity index (χ2v) is 6.97. The minimum atomic E-state index is 0.0206. The number of para-hydroxylation sites is 4. The minimum absolute atomic E-state index is 0.0206. The fourth-order valence-electron chi connectivity index (χ4n) is 3.07. The summed E-state index contributed by atoms with van der Waals surface area (Å²) in [5, 5.41) is 55.4. The molecule has 0 radical (unpaired) electrons. The molecule has 0 saturated carbocycles. The van der Waals surface area contributed by atoms with Crippen LogP contribution < -0.4 is 20.7 Å². The average Bonchev–Trinajstić information content (AvgIpc) is 2.92. The average molecular weight is 456 g/mol. The van der Waals surface area contributed by atoms with E-state index in [1.807, 2.05) is 0 Å². The van der Waals surface area contributed by atoms with Crippen LogP contribution in [0.25, 0.3) is 0 Å². The molecule has 0 atom stereocenters. The molecule has 4 aromatic rings. The van der Waals surface area contributed by atoms with E-state index in [2.05, 4.69) is 0 Å². The zero-order valence-corrected chi connectivity index (χ0v) is 17.9. The van der Waals surface area contributed by atoms with Gasteiger partial charge in [0, 0.05) is 22.7 Å². The van der Waals surface area contributed by atoms with Crippen LogP contribution in [0.5, 0.6) is 0 Å². The third-order valence-electron chi connectivity index (χ3n) is 4.72. The van der Waals surface area contributed by atoms with Crippen molar-refractivity contribution < 1.29 is 0 Å². The van der Waals surface area contributed by atoms with Crippen LogP contribution >= 0.6 is 0 Å². The highest BCUT2D eigenvalue weighted by molar-refractivity contribution is 5.54. The molecule has 0 aliphatic heterocycles. The number of hydrogen-bond donors (Lipinski definition) is 0. The van der Waals surface area contributed by atoms with Gasteiger partial charge >= 0.3 is 0 Å². The van der Waals surface area contributed by atoms with Gasteiger partial charge < -0.3 is 41.5 Å². The topological polar surface area (TPSA) is 112 Å². The Balaban J connectivity index is 1.85. The molecule has 0 aliphatic carbocycles. The van der Waals surface area contributed by atoms with E-state index in [1.165, 1.54) is 48.5 Å². The van der Waals surface area contributed by atoms with E-state index in [4.69, 9.17) is 0 Å². The number of nitrogens with zero attached hydrogens (tertiary/aromatic N) is 6. The number of rotatable bonds is 9. The fraction of sp³-hybridized carbons (Fsp3) is 0. The SMILES string of the molecule is [O-]N(c1ccccc1)N(N([O-])c1ccccc1)N(N([O-])c1ccccc1)N([O-])c1ccccc1. The van der Waals surface area contributed by atoms with Gasteiger partial charge in [-0.3, -0.25) is 0 Å². The molecule has 4 rings (SSSR count). The van der Waals surface area contributed by atoms with Gasteiger partial charge in [-0.2, -0.15) is 0 Å². The summed E-state index contributed by atoms with van der Waals surface area (Å²) >= 11 is 0. The van der Waals surface area contributed by atoms with Crippen molar-refractivity contribution in [1.29, 1.82) is 0 Å². The number of benzene rings is 4. The molecule has 0 aromatic heterocycles. The molecular weight excluding hydrogens is 436 g/mol. The first-order chi connectivity index (χ1) is 16.6. The Hall–Kier alpha value is -4.16. The summed E-state index contributed by atoms with van der Waals surface area (Å²) in [5.41, 5.74) is 0.0822. The van der Waals surface area contributed by atoms with E-state index in [-0.39, 0.29) is 43.4 Å². The lowest BCUT2D eigenvalue weighted by atomic mass is 10.3. The maximum atomic E-state index is 13.5. The highest BCUT2D eigenvalue weighted by atomic mass is 16.7. The van der Waals surface area contributed by atoms with Crippen molar-refractivity contribution in [3.8, 4) is 0 Å². The van der Waals surface area contributed by atoms with Crippen LogP contribution in [0.2, 0.25) is 0 Å². The predicted octanol–water partition coefficient (Wildman–Crippen LogP) is 5.18. The van der Waals surface area contributed by atoms with Gasteiger partial charge in [-0.05, 0) is 59.0 Å². The van der Waals surface area contributed by atoms with Gasteiger partial charge in [-0.15, -0.1) is 0 Å². The van der Waals surface area contributed by atoms with Crippen LogP contribution in [0.1, 0.15) is 0 Å². The first-order valence-corrected chi connectivity index (χ1v) is 10.3. The quantitative estimate of drug-likeness (QED) is 0.312. The van der Waals surface area contributed by atoms with Crippen molar-refractivity contribution in [2.75, 3.05) is 20.7 Å². The molecule has 0 bridgehead atoms. The molecule has 10 nitrogen and oxygen atoms in total. The van der Waals surface area contributed by atoms with E-state index < -0.39 is 0 Å². The molecule has 0 unspecified atom stereocenters. The molecule has 34 heavy (non-hydrogen) atoms. The maximum absolute atomic E-state index is 13.5. The van der Waals surface area contributed by atoms with Crippen molar-refractivity contribution in [2.24, 2.45) is 0 Å². The third-order valence-corrected chi connectivity index (χ3v) is 4.72. The van der Waals surface area contributed by atoms with E-state index in [0.29, 0.717) is 10.5 Å². The normalized spacial score (nSPS) is 10.9. The van der Waals surface area contributed by atoms with Crippen molar-refractivity contribution in [3.63, 3.8) is 0 Å². The Kier molecular flexibility index (Phi) is 7.20. The monoisotopic (exact) mass is 456 g/mol. The molecule has 174 valence electrons. The minimum Gasteiger partial charge on any atom is -0.741 e.